The SMILES string of the molecule is O=C1CCc2cc(OCC(=O)N3CCCC4CCCCC43)ccc2N1. The first-order chi connectivity index (χ1) is 12.2. The number of piperidine rings is 1. The van der Waals surface area contributed by atoms with Crippen molar-refractivity contribution in [2.75, 3.05) is 18.5 Å². The van der Waals surface area contributed by atoms with Gasteiger partial charge < -0.3 is 15.0 Å². The lowest BCUT2D eigenvalue weighted by Gasteiger charge is -2.44. The van der Waals surface area contributed by atoms with E-state index < -0.39 is 0 Å². The maximum atomic E-state index is 12.7. The summed E-state index contributed by atoms with van der Waals surface area (Å²) in [5.74, 6) is 1.57. The smallest absolute Gasteiger partial charge is 0.260 e. The molecule has 2 fully saturated rings. The Morgan fingerprint density at radius 2 is 2.00 bits per heavy atom. The Kier molecular flexibility index (Phi) is 4.64. The molecule has 2 aliphatic heterocycles. The summed E-state index contributed by atoms with van der Waals surface area (Å²) in [6, 6.07) is 6.07. The number of ether oxygens (including phenoxy) is 1. The number of carbonyl (C=O) groups excluding carboxylic acids is 2. The van der Waals surface area contributed by atoms with E-state index in [1.54, 1.807) is 0 Å². The van der Waals surface area contributed by atoms with Crippen LogP contribution in [0.25, 0.3) is 0 Å². The van der Waals surface area contributed by atoms with Gasteiger partial charge in [-0.15, -0.1) is 0 Å². The van der Waals surface area contributed by atoms with Crippen molar-refractivity contribution in [3.63, 3.8) is 0 Å². The first-order valence-corrected chi connectivity index (χ1v) is 9.56. The standard InChI is InChI=1S/C20H26N2O3/c23-19-10-7-15-12-16(8-9-17(15)21-19)25-13-20(24)22-11-3-5-14-4-1-2-6-18(14)22/h8-9,12,14,18H,1-7,10-11,13H2,(H,21,23). The molecule has 2 heterocycles. The molecule has 5 nitrogen and oxygen atoms in total. The van der Waals surface area contributed by atoms with Crippen LogP contribution >= 0.6 is 0 Å². The molecule has 4 rings (SSSR count). The largest absolute Gasteiger partial charge is 0.484 e. The van der Waals surface area contributed by atoms with E-state index in [2.05, 4.69) is 10.2 Å². The Balaban J connectivity index is 1.37. The van der Waals surface area contributed by atoms with Crippen molar-refractivity contribution in [1.82, 2.24) is 4.90 Å². The van der Waals surface area contributed by atoms with Crippen LogP contribution in [0.15, 0.2) is 18.2 Å². The third-order valence-corrected chi connectivity index (χ3v) is 5.90. The van der Waals surface area contributed by atoms with Gasteiger partial charge in [0.2, 0.25) is 5.91 Å². The van der Waals surface area contributed by atoms with Crippen LogP contribution in [0.4, 0.5) is 5.69 Å². The van der Waals surface area contributed by atoms with Gasteiger partial charge >= 0.3 is 0 Å². The maximum absolute atomic E-state index is 12.7. The summed E-state index contributed by atoms with van der Waals surface area (Å²) in [7, 11) is 0. The van der Waals surface area contributed by atoms with Crippen LogP contribution in [0.2, 0.25) is 0 Å². The molecule has 2 atom stereocenters. The van der Waals surface area contributed by atoms with E-state index in [1.807, 2.05) is 18.2 Å². The first kappa shape index (κ1) is 16.4. The molecule has 25 heavy (non-hydrogen) atoms. The van der Waals surface area contributed by atoms with Gasteiger partial charge in [0.15, 0.2) is 6.61 Å². The molecule has 0 aromatic heterocycles. The average Bonchev–Trinajstić information content (AvgIpc) is 2.65. The van der Waals surface area contributed by atoms with E-state index in [4.69, 9.17) is 4.74 Å². The second kappa shape index (κ2) is 7.06. The highest BCUT2D eigenvalue weighted by molar-refractivity contribution is 5.94. The topological polar surface area (TPSA) is 58.6 Å². The molecule has 1 saturated heterocycles. The van der Waals surface area contributed by atoms with Gasteiger partial charge in [-0.1, -0.05) is 12.8 Å². The second-order valence-corrected chi connectivity index (χ2v) is 7.50. The van der Waals surface area contributed by atoms with E-state index in [0.29, 0.717) is 24.1 Å². The van der Waals surface area contributed by atoms with Gasteiger partial charge in [-0.05, 0) is 61.8 Å². The number of likely N-dealkylation sites (tertiary alicyclic amines) is 1. The monoisotopic (exact) mass is 342 g/mol. The van der Waals surface area contributed by atoms with Crippen molar-refractivity contribution in [2.24, 2.45) is 5.92 Å². The Bertz CT molecular complexity index is 671. The molecule has 1 aromatic carbocycles. The zero-order valence-corrected chi connectivity index (χ0v) is 14.6. The molecule has 2 amide bonds. The Morgan fingerprint density at radius 3 is 2.92 bits per heavy atom. The average molecular weight is 342 g/mol. The van der Waals surface area contributed by atoms with Crippen molar-refractivity contribution < 1.29 is 14.3 Å². The minimum atomic E-state index is 0.0588. The van der Waals surface area contributed by atoms with Crippen molar-refractivity contribution in [3.8, 4) is 5.75 Å². The molecule has 0 radical (unpaired) electrons. The van der Waals surface area contributed by atoms with Crippen LogP contribution in [0, 0.1) is 5.92 Å². The van der Waals surface area contributed by atoms with Gasteiger partial charge in [-0.2, -0.15) is 0 Å². The van der Waals surface area contributed by atoms with Gasteiger partial charge in [-0.3, -0.25) is 9.59 Å². The van der Waals surface area contributed by atoms with Crippen molar-refractivity contribution in [3.05, 3.63) is 23.8 Å². The zero-order chi connectivity index (χ0) is 17.2. The molecule has 1 saturated carbocycles. The molecule has 134 valence electrons. The van der Waals surface area contributed by atoms with Gasteiger partial charge in [0.05, 0.1) is 0 Å². The number of carbonyl (C=O) groups is 2. The van der Waals surface area contributed by atoms with Crippen LogP contribution < -0.4 is 10.1 Å². The Labute approximate surface area is 148 Å². The number of nitrogens with zero attached hydrogens (tertiary/aromatic N) is 1. The van der Waals surface area contributed by atoms with Crippen LogP contribution in [0.5, 0.6) is 5.75 Å². The van der Waals surface area contributed by atoms with Crippen LogP contribution in [-0.4, -0.2) is 35.9 Å². The van der Waals surface area contributed by atoms with Gasteiger partial charge in [0, 0.05) is 24.7 Å². The van der Waals surface area contributed by atoms with E-state index in [1.165, 1.54) is 25.7 Å². The maximum Gasteiger partial charge on any atom is 0.260 e. The number of anilines is 1. The molecular weight excluding hydrogens is 316 g/mol. The van der Waals surface area contributed by atoms with Crippen LogP contribution in [0.1, 0.15) is 50.5 Å². The first-order valence-electron chi connectivity index (χ1n) is 9.56. The summed E-state index contributed by atoms with van der Waals surface area (Å²) in [6.45, 7) is 0.980. The van der Waals surface area contributed by atoms with Crippen molar-refractivity contribution in [1.29, 1.82) is 0 Å². The third kappa shape index (κ3) is 3.51. The minimum absolute atomic E-state index is 0.0588. The number of hydrogen-bond acceptors (Lipinski definition) is 3. The number of benzene rings is 1. The molecule has 1 aromatic rings. The summed E-state index contributed by atoms with van der Waals surface area (Å²) < 4.78 is 5.79. The number of fused-ring (bicyclic) bond motifs is 2. The molecule has 5 heteroatoms. The summed E-state index contributed by atoms with van der Waals surface area (Å²) in [6.07, 6.45) is 8.58. The van der Waals surface area contributed by atoms with Crippen LogP contribution in [-0.2, 0) is 16.0 Å². The van der Waals surface area contributed by atoms with Gasteiger partial charge in [0.1, 0.15) is 5.75 Å². The fourth-order valence-electron chi connectivity index (χ4n) is 4.61. The molecule has 0 bridgehead atoms. The normalized spacial score (nSPS) is 25.6. The molecule has 1 N–H and O–H groups in total. The molecule has 0 spiro atoms. The predicted molar refractivity (Wildman–Crippen MR) is 95.6 cm³/mol. The lowest BCUT2D eigenvalue weighted by Crippen LogP contribution is -2.51. The second-order valence-electron chi connectivity index (χ2n) is 7.50. The van der Waals surface area contributed by atoms with Crippen molar-refractivity contribution in [2.45, 2.75) is 57.4 Å². The lowest BCUT2D eigenvalue weighted by atomic mass is 9.78. The lowest BCUT2D eigenvalue weighted by molar-refractivity contribution is -0.139. The number of rotatable bonds is 3. The molecule has 1 aliphatic carbocycles. The van der Waals surface area contributed by atoms with Gasteiger partial charge in [0.25, 0.3) is 5.91 Å². The number of nitrogens with one attached hydrogen (secondary N) is 1. The minimum Gasteiger partial charge on any atom is -0.484 e. The molecule has 2 unspecified atom stereocenters. The highest BCUT2D eigenvalue weighted by Crippen LogP contribution is 2.35. The Morgan fingerprint density at radius 1 is 1.16 bits per heavy atom. The summed E-state index contributed by atoms with van der Waals surface area (Å²) in [5, 5.41) is 2.87. The van der Waals surface area contributed by atoms with E-state index in [9.17, 15) is 9.59 Å². The third-order valence-electron chi connectivity index (χ3n) is 5.90. The van der Waals surface area contributed by atoms with Gasteiger partial charge in [-0.25, -0.2) is 0 Å². The number of aryl methyl sites for hydroxylation is 1. The molecule has 3 aliphatic rings. The highest BCUT2D eigenvalue weighted by Gasteiger charge is 2.35. The molecular formula is C20H26N2O3. The zero-order valence-electron chi connectivity index (χ0n) is 14.6. The predicted octanol–water partition coefficient (Wildman–Crippen LogP) is 3.13. The van der Waals surface area contributed by atoms with Crippen molar-refractivity contribution >= 4 is 17.5 Å². The number of amides is 2. The highest BCUT2D eigenvalue weighted by atomic mass is 16.5. The summed E-state index contributed by atoms with van der Waals surface area (Å²) in [4.78, 5) is 26.2. The van der Waals surface area contributed by atoms with Crippen LogP contribution in [0.3, 0.4) is 0 Å². The Hall–Kier alpha value is -2.04. The summed E-state index contributed by atoms with van der Waals surface area (Å²) in [5.41, 5.74) is 1.94. The van der Waals surface area contributed by atoms with E-state index in [0.717, 1.165) is 37.1 Å². The fourth-order valence-corrected chi connectivity index (χ4v) is 4.61. The fraction of sp³-hybridized carbons (Fsp3) is 0.600. The number of hydrogen-bond donors (Lipinski definition) is 1. The van der Waals surface area contributed by atoms with E-state index >= 15 is 0 Å². The van der Waals surface area contributed by atoms with E-state index in [-0.39, 0.29) is 18.4 Å². The quantitative estimate of drug-likeness (QED) is 0.918. The summed E-state index contributed by atoms with van der Waals surface area (Å²) >= 11 is 0.